The number of aromatic nitrogens is 2. The molecule has 5 nitrogen and oxygen atoms in total. The summed E-state index contributed by atoms with van der Waals surface area (Å²) in [6.07, 6.45) is 2.13. The van der Waals surface area contributed by atoms with Crippen LogP contribution < -0.4 is 5.56 Å². The van der Waals surface area contributed by atoms with Gasteiger partial charge in [0.25, 0.3) is 5.56 Å². The van der Waals surface area contributed by atoms with Crippen molar-refractivity contribution in [2.24, 2.45) is 5.10 Å². The summed E-state index contributed by atoms with van der Waals surface area (Å²) in [5, 5.41) is 14.6. The first kappa shape index (κ1) is 18.3. The van der Waals surface area contributed by atoms with E-state index in [0.717, 1.165) is 10.0 Å². The van der Waals surface area contributed by atoms with Crippen LogP contribution in [0, 0.1) is 0 Å². The van der Waals surface area contributed by atoms with Crippen molar-refractivity contribution in [1.29, 1.82) is 0 Å². The Hall–Kier alpha value is -1.51. The maximum absolute atomic E-state index is 12.8. The number of phenols is 1. The largest absolute Gasteiger partial charge is 0.506 e. The number of aromatic hydroxyl groups is 1. The van der Waals surface area contributed by atoms with Crippen LogP contribution in [0.2, 0.25) is 0 Å². The van der Waals surface area contributed by atoms with Crippen LogP contribution in [0.5, 0.6) is 5.75 Å². The van der Waals surface area contributed by atoms with E-state index in [1.165, 1.54) is 4.68 Å². The zero-order valence-corrected chi connectivity index (χ0v) is 17.8. The van der Waals surface area contributed by atoms with Crippen molar-refractivity contribution in [3.63, 3.8) is 0 Å². The molecular weight excluding hydrogens is 518 g/mol. The van der Waals surface area contributed by atoms with E-state index in [1.807, 2.05) is 19.1 Å². The molecule has 2 aromatic carbocycles. The van der Waals surface area contributed by atoms with Crippen molar-refractivity contribution in [1.82, 2.24) is 9.66 Å². The fourth-order valence-electron chi connectivity index (χ4n) is 2.33. The highest BCUT2D eigenvalue weighted by Gasteiger charge is 2.10. The lowest BCUT2D eigenvalue weighted by Crippen LogP contribution is -2.22. The Morgan fingerprint density at radius 1 is 1.20 bits per heavy atom. The molecule has 0 atom stereocenters. The average Bonchev–Trinajstić information content (AvgIpc) is 2.59. The molecule has 1 aromatic heterocycles. The summed E-state index contributed by atoms with van der Waals surface area (Å²) in [5.74, 6) is 0.689. The molecule has 0 unspecified atom stereocenters. The molecule has 0 spiro atoms. The number of benzene rings is 2. The first-order valence-electron chi connectivity index (χ1n) is 7.34. The van der Waals surface area contributed by atoms with Crippen molar-refractivity contribution >= 4 is 64.9 Å². The Balaban J connectivity index is 2.15. The van der Waals surface area contributed by atoms with E-state index in [1.54, 1.807) is 24.4 Å². The van der Waals surface area contributed by atoms with Crippen LogP contribution in [0.4, 0.5) is 0 Å². The molecule has 0 bridgehead atoms. The second-order valence-corrected chi connectivity index (χ2v) is 7.86. The minimum absolute atomic E-state index is 0.112. The molecule has 1 heterocycles. The molecule has 0 amide bonds. The monoisotopic (exact) mass is 527 g/mol. The number of hydrogen-bond donors (Lipinski definition) is 1. The zero-order valence-electron chi connectivity index (χ0n) is 13.0. The van der Waals surface area contributed by atoms with E-state index in [-0.39, 0.29) is 11.3 Å². The van der Waals surface area contributed by atoms with Crippen molar-refractivity contribution in [3.8, 4) is 5.75 Å². The lowest BCUT2D eigenvalue weighted by atomic mass is 10.2. The van der Waals surface area contributed by atoms with Crippen LogP contribution in [0.3, 0.4) is 0 Å². The highest BCUT2D eigenvalue weighted by atomic mass is 79.9. The van der Waals surface area contributed by atoms with Crippen molar-refractivity contribution in [3.05, 3.63) is 65.5 Å². The quantitative estimate of drug-likeness (QED) is 0.494. The highest BCUT2D eigenvalue weighted by molar-refractivity contribution is 9.11. The van der Waals surface area contributed by atoms with Gasteiger partial charge in [-0.1, -0.05) is 22.9 Å². The lowest BCUT2D eigenvalue weighted by Gasteiger charge is -2.08. The fraction of sp³-hybridized carbons (Fsp3) is 0.118. The van der Waals surface area contributed by atoms with Gasteiger partial charge in [-0.3, -0.25) is 4.79 Å². The van der Waals surface area contributed by atoms with Crippen molar-refractivity contribution in [2.45, 2.75) is 13.3 Å². The number of fused-ring (bicyclic) bond motifs is 1. The third-order valence-corrected chi connectivity index (χ3v) is 5.26. The first-order valence-corrected chi connectivity index (χ1v) is 9.72. The molecule has 0 aliphatic heterocycles. The summed E-state index contributed by atoms with van der Waals surface area (Å²) < 4.78 is 3.19. The van der Waals surface area contributed by atoms with Gasteiger partial charge in [-0.2, -0.15) is 9.78 Å². The van der Waals surface area contributed by atoms with Crippen LogP contribution in [-0.4, -0.2) is 21.0 Å². The minimum atomic E-state index is -0.226. The lowest BCUT2D eigenvalue weighted by molar-refractivity contribution is 0.468. The van der Waals surface area contributed by atoms with Crippen molar-refractivity contribution < 1.29 is 5.11 Å². The van der Waals surface area contributed by atoms with E-state index >= 15 is 0 Å². The average molecular weight is 530 g/mol. The van der Waals surface area contributed by atoms with Gasteiger partial charge in [0.2, 0.25) is 0 Å². The van der Waals surface area contributed by atoms with Gasteiger partial charge in [0, 0.05) is 10.9 Å². The van der Waals surface area contributed by atoms with Gasteiger partial charge in [-0.25, -0.2) is 4.98 Å². The fourth-order valence-corrected chi connectivity index (χ4v) is 3.91. The Morgan fingerprint density at radius 2 is 1.88 bits per heavy atom. The van der Waals surface area contributed by atoms with E-state index < -0.39 is 0 Å². The predicted molar refractivity (Wildman–Crippen MR) is 110 cm³/mol. The summed E-state index contributed by atoms with van der Waals surface area (Å²) >= 11 is 9.93. The first-order chi connectivity index (χ1) is 11.9. The molecule has 3 rings (SSSR count). The van der Waals surface area contributed by atoms with E-state index in [4.69, 9.17) is 0 Å². The molecule has 0 aliphatic rings. The Labute approximate surface area is 168 Å². The molecule has 128 valence electrons. The molecule has 0 saturated carbocycles. The van der Waals surface area contributed by atoms with Gasteiger partial charge in [-0.15, -0.1) is 0 Å². The number of halogens is 3. The number of hydrogen-bond acceptors (Lipinski definition) is 4. The Morgan fingerprint density at radius 3 is 2.52 bits per heavy atom. The van der Waals surface area contributed by atoms with Gasteiger partial charge in [-0.05, 0) is 67.8 Å². The summed E-state index contributed by atoms with van der Waals surface area (Å²) in [6, 6.07) is 8.83. The van der Waals surface area contributed by atoms with Gasteiger partial charge < -0.3 is 5.11 Å². The molecule has 0 fully saturated rings. The van der Waals surface area contributed by atoms with Crippen molar-refractivity contribution in [2.75, 3.05) is 0 Å². The molecule has 1 N–H and O–H groups in total. The van der Waals surface area contributed by atoms with Gasteiger partial charge in [0.05, 0.1) is 26.1 Å². The topological polar surface area (TPSA) is 67.5 Å². The van der Waals surface area contributed by atoms with Crippen LogP contribution in [0.15, 0.2) is 53.6 Å². The third-order valence-electron chi connectivity index (χ3n) is 3.55. The van der Waals surface area contributed by atoms with Gasteiger partial charge in [0.1, 0.15) is 11.6 Å². The van der Waals surface area contributed by atoms with E-state index in [2.05, 4.69) is 57.9 Å². The van der Waals surface area contributed by atoms with Crippen LogP contribution >= 0.6 is 47.8 Å². The molecular formula is C17H12Br3N3O2. The molecule has 8 heteroatoms. The normalized spacial score (nSPS) is 11.5. The van der Waals surface area contributed by atoms with E-state index in [9.17, 15) is 9.90 Å². The summed E-state index contributed by atoms with van der Waals surface area (Å²) in [7, 11) is 0. The van der Waals surface area contributed by atoms with Crippen LogP contribution in [-0.2, 0) is 6.42 Å². The highest BCUT2D eigenvalue weighted by Crippen LogP contribution is 2.32. The zero-order chi connectivity index (χ0) is 18.1. The second kappa shape index (κ2) is 7.39. The molecule has 3 aromatic rings. The molecule has 0 aliphatic carbocycles. The molecule has 0 saturated heterocycles. The Bertz CT molecular complexity index is 1040. The van der Waals surface area contributed by atoms with Crippen LogP contribution in [0.25, 0.3) is 10.9 Å². The third kappa shape index (κ3) is 3.70. The molecule has 25 heavy (non-hydrogen) atoms. The minimum Gasteiger partial charge on any atom is -0.506 e. The van der Waals surface area contributed by atoms with Crippen LogP contribution in [0.1, 0.15) is 18.3 Å². The van der Waals surface area contributed by atoms with Gasteiger partial charge in [0.15, 0.2) is 0 Å². The maximum atomic E-state index is 12.8. The SMILES string of the molecule is CCc1nc2ccc(Br)cc2c(=O)n1N=Cc1cc(Br)c(O)c(Br)c1. The summed E-state index contributed by atoms with van der Waals surface area (Å²) in [4.78, 5) is 17.3. The smallest absolute Gasteiger partial charge is 0.282 e. The number of nitrogens with zero attached hydrogens (tertiary/aromatic N) is 3. The van der Waals surface area contributed by atoms with E-state index in [0.29, 0.717) is 32.1 Å². The molecule has 0 radical (unpaired) electrons. The summed E-state index contributed by atoms with van der Waals surface area (Å²) in [5.41, 5.74) is 1.14. The standard InChI is InChI=1S/C17H12Br3N3O2/c1-2-15-22-14-4-3-10(18)7-11(14)17(25)23(15)21-8-9-5-12(19)16(24)13(20)6-9/h3-8,24H,2H2,1H3. The number of aryl methyl sites for hydroxylation is 1. The number of phenolic OH excluding ortho intramolecular Hbond substituents is 1. The predicted octanol–water partition coefficient (Wildman–Crippen LogP) is 4.83. The van der Waals surface area contributed by atoms with Gasteiger partial charge >= 0.3 is 0 Å². The Kier molecular flexibility index (Phi) is 5.41. The summed E-state index contributed by atoms with van der Waals surface area (Å²) in [6.45, 7) is 1.92. The maximum Gasteiger partial charge on any atom is 0.282 e. The number of rotatable bonds is 3. The second-order valence-electron chi connectivity index (χ2n) is 5.24.